The van der Waals surface area contributed by atoms with E-state index in [1.165, 1.54) is 0 Å². The van der Waals surface area contributed by atoms with E-state index in [-0.39, 0.29) is 0 Å². The number of imidazole rings is 1. The van der Waals surface area contributed by atoms with Crippen LogP contribution < -0.4 is 5.73 Å². The summed E-state index contributed by atoms with van der Waals surface area (Å²) in [5, 5.41) is 0.891. The molecule has 96 valence electrons. The van der Waals surface area contributed by atoms with Gasteiger partial charge in [0.15, 0.2) is 5.16 Å². The number of fused-ring (bicyclic) bond motifs is 1. The molecule has 0 aliphatic heterocycles. The molecular formula is C14H12BrN3S. The van der Waals surface area contributed by atoms with E-state index in [4.69, 9.17) is 5.73 Å². The van der Waals surface area contributed by atoms with Gasteiger partial charge in [0, 0.05) is 15.9 Å². The minimum absolute atomic E-state index is 0.550. The van der Waals surface area contributed by atoms with Crippen LogP contribution in [0.4, 0.5) is 0 Å². The average molecular weight is 334 g/mol. The van der Waals surface area contributed by atoms with Gasteiger partial charge in [-0.3, -0.25) is 0 Å². The predicted molar refractivity (Wildman–Crippen MR) is 82.3 cm³/mol. The molecule has 3 aromatic rings. The van der Waals surface area contributed by atoms with Crippen molar-refractivity contribution in [3.63, 3.8) is 0 Å². The maximum Gasteiger partial charge on any atom is 0.171 e. The lowest BCUT2D eigenvalue weighted by atomic mass is 10.2. The maximum absolute atomic E-state index is 5.63. The third-order valence-corrected chi connectivity index (χ3v) is 4.69. The monoisotopic (exact) mass is 333 g/mol. The Kier molecular flexibility index (Phi) is 3.59. The van der Waals surface area contributed by atoms with E-state index in [1.54, 1.807) is 11.8 Å². The van der Waals surface area contributed by atoms with E-state index in [0.29, 0.717) is 6.54 Å². The Morgan fingerprint density at radius 1 is 1.21 bits per heavy atom. The number of aromatic amines is 1. The first kappa shape index (κ1) is 12.7. The summed E-state index contributed by atoms with van der Waals surface area (Å²) in [6.07, 6.45) is 0. The molecule has 0 bridgehead atoms. The first-order valence-corrected chi connectivity index (χ1v) is 7.48. The maximum atomic E-state index is 5.63. The van der Waals surface area contributed by atoms with E-state index in [1.807, 2.05) is 36.4 Å². The van der Waals surface area contributed by atoms with Gasteiger partial charge in [0.05, 0.1) is 11.0 Å². The summed E-state index contributed by atoms with van der Waals surface area (Å²) in [5.41, 5.74) is 8.78. The van der Waals surface area contributed by atoms with Gasteiger partial charge < -0.3 is 10.7 Å². The Bertz CT molecular complexity index is 691. The second-order valence-electron chi connectivity index (χ2n) is 4.13. The molecule has 0 fully saturated rings. The van der Waals surface area contributed by atoms with Crippen molar-refractivity contribution < 1.29 is 0 Å². The molecule has 0 unspecified atom stereocenters. The van der Waals surface area contributed by atoms with Crippen molar-refractivity contribution >= 4 is 38.7 Å². The molecule has 2 aromatic carbocycles. The molecule has 0 radical (unpaired) electrons. The summed E-state index contributed by atoms with van der Waals surface area (Å²) in [7, 11) is 0. The molecule has 1 heterocycles. The highest BCUT2D eigenvalue weighted by atomic mass is 79.9. The summed E-state index contributed by atoms with van der Waals surface area (Å²) < 4.78 is 1.04. The third kappa shape index (κ3) is 2.68. The molecule has 1 aromatic heterocycles. The van der Waals surface area contributed by atoms with Gasteiger partial charge in [-0.2, -0.15) is 0 Å². The van der Waals surface area contributed by atoms with Gasteiger partial charge in [0.1, 0.15) is 0 Å². The van der Waals surface area contributed by atoms with Crippen molar-refractivity contribution in [3.8, 4) is 0 Å². The zero-order chi connectivity index (χ0) is 13.2. The zero-order valence-electron chi connectivity index (χ0n) is 10.1. The second-order valence-corrected chi connectivity index (χ2v) is 6.02. The molecule has 3 rings (SSSR count). The summed E-state index contributed by atoms with van der Waals surface area (Å²) >= 11 is 5.18. The van der Waals surface area contributed by atoms with Crippen LogP contribution in [0, 0.1) is 0 Å². The van der Waals surface area contributed by atoms with Gasteiger partial charge in [0.25, 0.3) is 0 Å². The van der Waals surface area contributed by atoms with Crippen LogP contribution in [0.5, 0.6) is 0 Å². The number of H-pyrrole nitrogens is 1. The van der Waals surface area contributed by atoms with Crippen molar-refractivity contribution in [2.75, 3.05) is 0 Å². The van der Waals surface area contributed by atoms with Crippen LogP contribution in [0.15, 0.2) is 57.0 Å². The van der Waals surface area contributed by atoms with Crippen molar-refractivity contribution in [2.45, 2.75) is 16.6 Å². The van der Waals surface area contributed by atoms with Crippen LogP contribution in [0.3, 0.4) is 0 Å². The van der Waals surface area contributed by atoms with Crippen LogP contribution in [-0.2, 0) is 6.54 Å². The molecule has 0 spiro atoms. The minimum atomic E-state index is 0.550. The Hall–Kier alpha value is -1.30. The van der Waals surface area contributed by atoms with Crippen LogP contribution in [0.2, 0.25) is 0 Å². The number of halogens is 1. The molecule has 0 amide bonds. The van der Waals surface area contributed by atoms with Crippen molar-refractivity contribution in [2.24, 2.45) is 5.73 Å². The van der Waals surface area contributed by atoms with Crippen molar-refractivity contribution in [1.82, 2.24) is 9.97 Å². The molecule has 0 saturated carbocycles. The number of nitrogens with zero attached hydrogens (tertiary/aromatic N) is 1. The highest BCUT2D eigenvalue weighted by Gasteiger charge is 2.07. The van der Waals surface area contributed by atoms with Gasteiger partial charge in [0.2, 0.25) is 0 Å². The second kappa shape index (κ2) is 5.36. The van der Waals surface area contributed by atoms with Gasteiger partial charge in [-0.25, -0.2) is 4.98 Å². The van der Waals surface area contributed by atoms with Gasteiger partial charge in [-0.05, 0) is 45.8 Å². The highest BCUT2D eigenvalue weighted by Crippen LogP contribution is 2.33. The van der Waals surface area contributed by atoms with Gasteiger partial charge >= 0.3 is 0 Å². The topological polar surface area (TPSA) is 54.7 Å². The van der Waals surface area contributed by atoms with E-state index < -0.39 is 0 Å². The Balaban J connectivity index is 1.92. The number of hydrogen-bond donors (Lipinski definition) is 2. The predicted octanol–water partition coefficient (Wildman–Crippen LogP) is 3.94. The van der Waals surface area contributed by atoms with Crippen LogP contribution in [0.1, 0.15) is 5.56 Å². The Morgan fingerprint density at radius 3 is 2.79 bits per heavy atom. The van der Waals surface area contributed by atoms with E-state index in [0.717, 1.165) is 31.1 Å². The molecule has 5 heteroatoms. The first-order chi connectivity index (χ1) is 9.26. The smallest absolute Gasteiger partial charge is 0.171 e. The summed E-state index contributed by atoms with van der Waals surface area (Å²) in [4.78, 5) is 8.98. The number of para-hydroxylation sites is 2. The molecule has 0 atom stereocenters. The minimum Gasteiger partial charge on any atom is -0.333 e. The first-order valence-electron chi connectivity index (χ1n) is 5.87. The van der Waals surface area contributed by atoms with E-state index >= 15 is 0 Å². The largest absolute Gasteiger partial charge is 0.333 e. The molecule has 3 nitrogen and oxygen atoms in total. The zero-order valence-corrected chi connectivity index (χ0v) is 12.5. The number of benzene rings is 2. The Morgan fingerprint density at radius 2 is 2.05 bits per heavy atom. The van der Waals surface area contributed by atoms with E-state index in [2.05, 4.69) is 32.0 Å². The molecular weight excluding hydrogens is 322 g/mol. The highest BCUT2D eigenvalue weighted by molar-refractivity contribution is 9.10. The summed E-state index contributed by atoms with van der Waals surface area (Å²) in [6, 6.07) is 14.2. The number of aromatic nitrogens is 2. The fraction of sp³-hybridized carbons (Fsp3) is 0.0714. The number of nitrogens with one attached hydrogen (secondary N) is 1. The molecule has 3 N–H and O–H groups in total. The van der Waals surface area contributed by atoms with Gasteiger partial charge in [-0.1, -0.05) is 30.0 Å². The lowest BCUT2D eigenvalue weighted by molar-refractivity contribution is 1.05. The van der Waals surface area contributed by atoms with Crippen molar-refractivity contribution in [1.29, 1.82) is 0 Å². The summed E-state index contributed by atoms with van der Waals surface area (Å²) in [6.45, 7) is 0.550. The quantitative estimate of drug-likeness (QED) is 0.763. The molecule has 0 aliphatic rings. The third-order valence-electron chi connectivity index (χ3n) is 2.81. The fourth-order valence-corrected chi connectivity index (χ4v) is 3.31. The van der Waals surface area contributed by atoms with Crippen molar-refractivity contribution in [3.05, 3.63) is 52.5 Å². The standard InChI is InChI=1S/C14H12BrN3S/c15-10-7-9(8-16)5-6-13(10)19-14-17-11-3-1-2-4-12(11)18-14/h1-7H,8,16H2,(H,17,18). The fourth-order valence-electron chi connectivity index (χ4n) is 1.84. The number of nitrogens with two attached hydrogens (primary N) is 1. The normalized spacial score (nSPS) is 11.1. The molecule has 19 heavy (non-hydrogen) atoms. The van der Waals surface area contributed by atoms with Crippen LogP contribution in [-0.4, -0.2) is 9.97 Å². The van der Waals surface area contributed by atoms with Crippen LogP contribution in [0.25, 0.3) is 11.0 Å². The lowest BCUT2D eigenvalue weighted by Crippen LogP contribution is -1.95. The van der Waals surface area contributed by atoms with E-state index in [9.17, 15) is 0 Å². The Labute approximate surface area is 123 Å². The average Bonchev–Trinajstić information content (AvgIpc) is 2.83. The van der Waals surface area contributed by atoms with Crippen LogP contribution >= 0.6 is 27.7 Å². The number of rotatable bonds is 3. The lowest BCUT2D eigenvalue weighted by Gasteiger charge is -2.04. The molecule has 0 saturated heterocycles. The number of hydrogen-bond acceptors (Lipinski definition) is 3. The summed E-state index contributed by atoms with van der Waals surface area (Å²) in [5.74, 6) is 0. The molecule has 0 aliphatic carbocycles. The SMILES string of the molecule is NCc1ccc(Sc2nc3ccccc3[nH]2)c(Br)c1. The van der Waals surface area contributed by atoms with Gasteiger partial charge in [-0.15, -0.1) is 0 Å².